The summed E-state index contributed by atoms with van der Waals surface area (Å²) in [5.41, 5.74) is 3.91. The van der Waals surface area contributed by atoms with E-state index < -0.39 is 23.3 Å². The molecular weight excluding hydrogens is 513 g/mol. The molecule has 2 aromatic heterocycles. The van der Waals surface area contributed by atoms with Crippen LogP contribution in [0.25, 0.3) is 5.69 Å². The number of hydrogen-bond donors (Lipinski definition) is 2. The maximum Gasteiger partial charge on any atom is 0.455 e. The highest BCUT2D eigenvalue weighted by Crippen LogP contribution is 2.39. The molecule has 39 heavy (non-hydrogen) atoms. The average molecular weight is 543 g/mol. The average Bonchev–Trinajstić information content (AvgIpc) is 3.50. The van der Waals surface area contributed by atoms with Gasteiger partial charge in [-0.15, -0.1) is 10.2 Å². The molecule has 0 bridgehead atoms. The molecule has 0 aliphatic heterocycles. The summed E-state index contributed by atoms with van der Waals surface area (Å²) in [4.78, 5) is 27.5. The molecule has 1 aromatic carbocycles. The van der Waals surface area contributed by atoms with E-state index in [1.807, 2.05) is 52.0 Å². The Labute approximate surface area is 223 Å². The van der Waals surface area contributed by atoms with Gasteiger partial charge in [0.05, 0.1) is 16.8 Å². The van der Waals surface area contributed by atoms with Gasteiger partial charge in [-0.2, -0.15) is 23.1 Å². The Balaban J connectivity index is 1.77. The lowest BCUT2D eigenvalue weighted by atomic mass is 9.74. The smallest absolute Gasteiger partial charge is 0.358 e. The standard InChI is InChI=1S/C26H29F3N8O2/c1-14-7-8-16(3)19(10-14)37-20(11-18(33-37)13-36-34-23(32-35-36)26(27,28)29)22(38)31-21-17(4)9-15(2)12-25(21,5)24(39)30-6/h7-11H,12-13H2,1-6H3,(H,30,39)(H,31,38). The van der Waals surface area contributed by atoms with Gasteiger partial charge in [0.1, 0.15) is 12.2 Å². The van der Waals surface area contributed by atoms with Gasteiger partial charge in [0.25, 0.3) is 11.7 Å². The SMILES string of the molecule is CNC(=O)C1(C)CC(C)=CC(C)=C1NC(=O)c1cc(Cn2nnc(C(F)(F)F)n2)nn1-c1cc(C)ccc1C. The number of amides is 2. The summed E-state index contributed by atoms with van der Waals surface area (Å²) in [5.74, 6) is -2.15. The second kappa shape index (κ2) is 10.1. The van der Waals surface area contributed by atoms with E-state index in [2.05, 4.69) is 31.1 Å². The Morgan fingerprint density at radius 3 is 2.46 bits per heavy atom. The maximum absolute atomic E-state index is 13.8. The first-order valence-corrected chi connectivity index (χ1v) is 12.2. The van der Waals surface area contributed by atoms with Crippen molar-refractivity contribution >= 4 is 11.8 Å². The Bertz CT molecular complexity index is 1520. The fourth-order valence-electron chi connectivity index (χ4n) is 4.83. The van der Waals surface area contributed by atoms with Crippen molar-refractivity contribution in [2.45, 2.75) is 53.8 Å². The molecule has 10 nitrogen and oxygen atoms in total. The number of carbonyl (C=O) groups excluding carboxylic acids is 2. The van der Waals surface area contributed by atoms with E-state index in [9.17, 15) is 22.8 Å². The van der Waals surface area contributed by atoms with Crippen LogP contribution in [-0.4, -0.2) is 48.8 Å². The van der Waals surface area contributed by atoms with E-state index in [-0.39, 0.29) is 23.8 Å². The molecule has 2 N–H and O–H groups in total. The molecule has 3 aromatic rings. The lowest BCUT2D eigenvalue weighted by Crippen LogP contribution is -2.46. The summed E-state index contributed by atoms with van der Waals surface area (Å²) in [5, 5.41) is 20.0. The van der Waals surface area contributed by atoms with Crippen LogP contribution in [0.1, 0.15) is 60.3 Å². The number of hydrogen-bond acceptors (Lipinski definition) is 6. The normalized spacial score (nSPS) is 17.7. The molecule has 2 amide bonds. The summed E-state index contributed by atoms with van der Waals surface area (Å²) in [7, 11) is 1.54. The van der Waals surface area contributed by atoms with Crippen molar-refractivity contribution in [2.24, 2.45) is 5.41 Å². The number of nitrogens with zero attached hydrogens (tertiary/aromatic N) is 6. The van der Waals surface area contributed by atoms with E-state index in [0.29, 0.717) is 17.8 Å². The van der Waals surface area contributed by atoms with E-state index >= 15 is 0 Å². The summed E-state index contributed by atoms with van der Waals surface area (Å²) < 4.78 is 40.3. The van der Waals surface area contributed by atoms with Gasteiger partial charge in [-0.05, 0) is 75.1 Å². The molecule has 1 aliphatic rings. The van der Waals surface area contributed by atoms with Crippen LogP contribution in [0.4, 0.5) is 13.2 Å². The van der Waals surface area contributed by atoms with Gasteiger partial charge in [0.15, 0.2) is 0 Å². The molecule has 0 saturated heterocycles. The molecular formula is C26H29F3N8O2. The van der Waals surface area contributed by atoms with E-state index in [0.717, 1.165) is 27.1 Å². The Hall–Kier alpha value is -4.29. The molecule has 0 spiro atoms. The van der Waals surface area contributed by atoms with Crippen molar-refractivity contribution in [1.29, 1.82) is 0 Å². The van der Waals surface area contributed by atoms with E-state index in [4.69, 9.17) is 0 Å². The maximum atomic E-state index is 13.8. The second-order valence-electron chi connectivity index (χ2n) is 9.95. The van der Waals surface area contributed by atoms with Gasteiger partial charge in [-0.25, -0.2) is 4.68 Å². The highest BCUT2D eigenvalue weighted by molar-refractivity contribution is 5.96. The predicted molar refractivity (Wildman–Crippen MR) is 136 cm³/mol. The highest BCUT2D eigenvalue weighted by atomic mass is 19.4. The van der Waals surface area contributed by atoms with Crippen molar-refractivity contribution in [3.63, 3.8) is 0 Å². The second-order valence-corrected chi connectivity index (χ2v) is 9.95. The molecule has 0 saturated carbocycles. The van der Waals surface area contributed by atoms with Crippen LogP contribution in [0, 0.1) is 19.3 Å². The number of nitrogens with one attached hydrogen (secondary N) is 2. The van der Waals surface area contributed by atoms with Crippen LogP contribution in [-0.2, 0) is 17.5 Å². The Morgan fingerprint density at radius 1 is 1.10 bits per heavy atom. The third-order valence-electron chi connectivity index (χ3n) is 6.60. The van der Waals surface area contributed by atoms with Gasteiger partial charge in [-0.3, -0.25) is 9.59 Å². The molecule has 0 radical (unpaired) electrons. The van der Waals surface area contributed by atoms with Crippen LogP contribution >= 0.6 is 0 Å². The minimum Gasteiger partial charge on any atom is -0.358 e. The Kier molecular flexibility index (Phi) is 7.19. The third-order valence-corrected chi connectivity index (χ3v) is 6.60. The van der Waals surface area contributed by atoms with Gasteiger partial charge in [-0.1, -0.05) is 23.8 Å². The number of aromatic nitrogens is 6. The van der Waals surface area contributed by atoms with Crippen molar-refractivity contribution in [3.8, 4) is 5.69 Å². The van der Waals surface area contributed by atoms with Crippen molar-refractivity contribution in [3.05, 3.63) is 75.5 Å². The number of alkyl halides is 3. The van der Waals surface area contributed by atoms with Gasteiger partial charge in [0, 0.05) is 12.7 Å². The van der Waals surface area contributed by atoms with Crippen LogP contribution in [0.5, 0.6) is 0 Å². The minimum absolute atomic E-state index is 0.126. The largest absolute Gasteiger partial charge is 0.455 e. The number of allylic oxidation sites excluding steroid dienone is 3. The zero-order valence-corrected chi connectivity index (χ0v) is 22.4. The van der Waals surface area contributed by atoms with E-state index in [1.165, 1.54) is 10.7 Å². The molecule has 1 aliphatic carbocycles. The lowest BCUT2D eigenvalue weighted by molar-refractivity contribution is -0.145. The van der Waals surface area contributed by atoms with Crippen molar-refractivity contribution < 1.29 is 22.8 Å². The number of halogens is 3. The number of rotatable bonds is 6. The quantitative estimate of drug-likeness (QED) is 0.491. The third kappa shape index (κ3) is 5.47. The molecule has 0 fully saturated rings. The van der Waals surface area contributed by atoms with Gasteiger partial charge >= 0.3 is 6.18 Å². The van der Waals surface area contributed by atoms with Crippen LogP contribution in [0.2, 0.25) is 0 Å². The predicted octanol–water partition coefficient (Wildman–Crippen LogP) is 3.65. The Morgan fingerprint density at radius 2 is 1.82 bits per heavy atom. The van der Waals surface area contributed by atoms with Crippen LogP contribution < -0.4 is 10.6 Å². The van der Waals surface area contributed by atoms with Gasteiger partial charge in [0.2, 0.25) is 5.91 Å². The molecule has 4 rings (SSSR count). The fourth-order valence-corrected chi connectivity index (χ4v) is 4.83. The van der Waals surface area contributed by atoms with Gasteiger partial charge < -0.3 is 10.6 Å². The zero-order chi connectivity index (χ0) is 28.7. The van der Waals surface area contributed by atoms with Crippen LogP contribution in [0.3, 0.4) is 0 Å². The summed E-state index contributed by atoms with van der Waals surface area (Å²) in [6, 6.07) is 7.11. The molecule has 206 valence electrons. The zero-order valence-electron chi connectivity index (χ0n) is 22.4. The van der Waals surface area contributed by atoms with Crippen molar-refractivity contribution in [2.75, 3.05) is 7.05 Å². The lowest BCUT2D eigenvalue weighted by Gasteiger charge is -2.35. The summed E-state index contributed by atoms with van der Waals surface area (Å²) in [6.45, 7) is 9.01. The summed E-state index contributed by atoms with van der Waals surface area (Å²) >= 11 is 0. The number of tetrazole rings is 1. The first kappa shape index (κ1) is 27.7. The van der Waals surface area contributed by atoms with Crippen molar-refractivity contribution in [1.82, 2.24) is 40.6 Å². The first-order chi connectivity index (χ1) is 18.2. The minimum atomic E-state index is -4.74. The number of carbonyl (C=O) groups is 2. The number of benzene rings is 1. The molecule has 1 unspecified atom stereocenters. The fraction of sp³-hybridized carbons (Fsp3) is 0.385. The monoisotopic (exact) mass is 542 g/mol. The first-order valence-electron chi connectivity index (χ1n) is 12.2. The molecule has 13 heteroatoms. The van der Waals surface area contributed by atoms with Crippen LogP contribution in [0.15, 0.2) is 47.2 Å². The van der Waals surface area contributed by atoms with E-state index in [1.54, 1.807) is 14.0 Å². The highest BCUT2D eigenvalue weighted by Gasteiger charge is 2.41. The number of aryl methyl sites for hydroxylation is 2. The molecule has 1 atom stereocenters. The topological polar surface area (TPSA) is 120 Å². The molecule has 2 heterocycles. The summed E-state index contributed by atoms with van der Waals surface area (Å²) in [6.07, 6.45) is -2.40.